The molecule has 0 heterocycles. The standard InChI is InChI=1S/C21H22N2O3S/c22-13-17-7-9-18(10-8-17)14-27(25,26)15-20(24)23-16-21(11-4-12-21)19-5-2-1-3-6-19/h1-3,5-10H,4,11-12,14-16H2,(H,23,24). The number of sulfone groups is 1. The van der Waals surface area contributed by atoms with Crippen LogP contribution < -0.4 is 5.32 Å². The molecule has 0 unspecified atom stereocenters. The lowest BCUT2D eigenvalue weighted by Crippen LogP contribution is -2.46. The largest absolute Gasteiger partial charge is 0.354 e. The van der Waals surface area contributed by atoms with Crippen LogP contribution in [0.25, 0.3) is 0 Å². The predicted molar refractivity (Wildman–Crippen MR) is 104 cm³/mol. The van der Waals surface area contributed by atoms with Gasteiger partial charge in [0.05, 0.1) is 17.4 Å². The summed E-state index contributed by atoms with van der Waals surface area (Å²) >= 11 is 0. The highest BCUT2D eigenvalue weighted by molar-refractivity contribution is 7.91. The van der Waals surface area contributed by atoms with E-state index in [2.05, 4.69) is 17.4 Å². The first-order valence-electron chi connectivity index (χ1n) is 8.94. The zero-order chi connectivity index (χ0) is 19.3. The molecule has 0 atom stereocenters. The van der Waals surface area contributed by atoms with Gasteiger partial charge in [0.2, 0.25) is 5.91 Å². The third-order valence-electron chi connectivity index (χ3n) is 5.14. The quantitative estimate of drug-likeness (QED) is 0.798. The number of amides is 1. The third-order valence-corrected chi connectivity index (χ3v) is 6.62. The molecule has 0 radical (unpaired) electrons. The van der Waals surface area contributed by atoms with Crippen LogP contribution >= 0.6 is 0 Å². The predicted octanol–water partition coefficient (Wildman–Crippen LogP) is 2.71. The van der Waals surface area contributed by atoms with Gasteiger partial charge in [-0.3, -0.25) is 4.79 Å². The van der Waals surface area contributed by atoms with Crippen LogP contribution in [0.3, 0.4) is 0 Å². The molecule has 0 saturated heterocycles. The van der Waals surface area contributed by atoms with Crippen molar-refractivity contribution in [3.05, 3.63) is 71.3 Å². The molecular weight excluding hydrogens is 360 g/mol. The van der Waals surface area contributed by atoms with Gasteiger partial charge in [0, 0.05) is 12.0 Å². The maximum atomic E-state index is 12.3. The van der Waals surface area contributed by atoms with E-state index in [0.717, 1.165) is 19.3 Å². The summed E-state index contributed by atoms with van der Waals surface area (Å²) in [5.41, 5.74) is 2.16. The van der Waals surface area contributed by atoms with Gasteiger partial charge >= 0.3 is 0 Å². The summed E-state index contributed by atoms with van der Waals surface area (Å²) in [5.74, 6) is -1.21. The molecule has 1 aliphatic carbocycles. The molecule has 1 fully saturated rings. The van der Waals surface area contributed by atoms with Crippen molar-refractivity contribution in [3.63, 3.8) is 0 Å². The lowest BCUT2D eigenvalue weighted by Gasteiger charge is -2.42. The van der Waals surface area contributed by atoms with E-state index in [4.69, 9.17) is 5.26 Å². The second-order valence-corrected chi connectivity index (χ2v) is 9.18. The van der Waals surface area contributed by atoms with Crippen molar-refractivity contribution in [1.29, 1.82) is 5.26 Å². The molecule has 0 aliphatic heterocycles. The van der Waals surface area contributed by atoms with Crippen LogP contribution in [0, 0.1) is 11.3 Å². The topological polar surface area (TPSA) is 87.0 Å². The second-order valence-electron chi connectivity index (χ2n) is 7.12. The molecule has 1 saturated carbocycles. The zero-order valence-corrected chi connectivity index (χ0v) is 15.8. The lowest BCUT2D eigenvalue weighted by molar-refractivity contribution is -0.119. The van der Waals surface area contributed by atoms with Crippen molar-refractivity contribution >= 4 is 15.7 Å². The molecule has 6 heteroatoms. The molecule has 0 aromatic heterocycles. The van der Waals surface area contributed by atoms with Gasteiger partial charge in [0.25, 0.3) is 0 Å². The molecule has 1 aliphatic rings. The van der Waals surface area contributed by atoms with Crippen LogP contribution in [0.15, 0.2) is 54.6 Å². The molecule has 1 N–H and O–H groups in total. The van der Waals surface area contributed by atoms with E-state index in [-0.39, 0.29) is 11.2 Å². The Hall–Kier alpha value is -2.65. The maximum absolute atomic E-state index is 12.3. The maximum Gasteiger partial charge on any atom is 0.235 e. The Labute approximate surface area is 159 Å². The highest BCUT2D eigenvalue weighted by Gasteiger charge is 2.38. The first kappa shape index (κ1) is 19.1. The monoisotopic (exact) mass is 382 g/mol. The smallest absolute Gasteiger partial charge is 0.235 e. The molecule has 140 valence electrons. The van der Waals surface area contributed by atoms with Gasteiger partial charge in [0.1, 0.15) is 5.75 Å². The van der Waals surface area contributed by atoms with Crippen LogP contribution in [0.1, 0.15) is 36.0 Å². The number of rotatable bonds is 7. The van der Waals surface area contributed by atoms with Gasteiger partial charge in [-0.15, -0.1) is 0 Å². The van der Waals surface area contributed by atoms with Crippen molar-refractivity contribution in [3.8, 4) is 6.07 Å². The summed E-state index contributed by atoms with van der Waals surface area (Å²) in [5, 5.41) is 11.6. The fraction of sp³-hybridized carbons (Fsp3) is 0.333. The Morgan fingerprint density at radius 3 is 2.30 bits per heavy atom. The second kappa shape index (κ2) is 7.93. The SMILES string of the molecule is N#Cc1ccc(CS(=O)(=O)CC(=O)NCC2(c3ccccc3)CCC2)cc1. The Bertz CT molecular complexity index is 941. The van der Waals surface area contributed by atoms with Gasteiger partial charge < -0.3 is 5.32 Å². The van der Waals surface area contributed by atoms with Crippen LogP contribution in [-0.4, -0.2) is 26.6 Å². The highest BCUT2D eigenvalue weighted by atomic mass is 32.2. The van der Waals surface area contributed by atoms with Crippen molar-refractivity contribution in [2.24, 2.45) is 0 Å². The lowest BCUT2D eigenvalue weighted by atomic mass is 9.64. The van der Waals surface area contributed by atoms with Crippen LogP contribution in [0.4, 0.5) is 0 Å². The Kier molecular flexibility index (Phi) is 5.62. The van der Waals surface area contributed by atoms with E-state index in [1.807, 2.05) is 24.3 Å². The van der Waals surface area contributed by atoms with Crippen LogP contribution in [0.5, 0.6) is 0 Å². The summed E-state index contributed by atoms with van der Waals surface area (Å²) in [6.07, 6.45) is 3.10. The summed E-state index contributed by atoms with van der Waals surface area (Å²) in [6.45, 7) is 0.461. The van der Waals surface area contributed by atoms with E-state index in [1.54, 1.807) is 24.3 Å². The number of nitrogens with one attached hydrogen (secondary N) is 1. The fourth-order valence-electron chi connectivity index (χ4n) is 3.46. The number of carbonyl (C=O) groups excluding carboxylic acids is 1. The summed E-state index contributed by atoms with van der Waals surface area (Å²) < 4.78 is 24.6. The van der Waals surface area contributed by atoms with E-state index in [9.17, 15) is 13.2 Å². The number of hydrogen-bond donors (Lipinski definition) is 1. The van der Waals surface area contributed by atoms with Crippen molar-refractivity contribution in [2.75, 3.05) is 12.3 Å². The van der Waals surface area contributed by atoms with Gasteiger partial charge in [-0.1, -0.05) is 48.9 Å². The summed E-state index contributed by atoms with van der Waals surface area (Å²) in [4.78, 5) is 12.2. The average Bonchev–Trinajstić information content (AvgIpc) is 2.61. The minimum Gasteiger partial charge on any atom is -0.354 e. The first-order valence-corrected chi connectivity index (χ1v) is 10.8. The minimum absolute atomic E-state index is 0.0756. The normalized spacial score (nSPS) is 15.4. The highest BCUT2D eigenvalue weighted by Crippen LogP contribution is 2.43. The van der Waals surface area contributed by atoms with Gasteiger partial charge in [-0.25, -0.2) is 8.42 Å². The molecule has 3 rings (SSSR count). The summed E-state index contributed by atoms with van der Waals surface area (Å²) in [6, 6.07) is 18.4. The molecule has 2 aromatic carbocycles. The van der Waals surface area contributed by atoms with Crippen molar-refractivity contribution < 1.29 is 13.2 Å². The molecule has 0 bridgehead atoms. The Balaban J connectivity index is 1.57. The minimum atomic E-state index is -3.57. The first-order chi connectivity index (χ1) is 12.9. The molecule has 0 spiro atoms. The number of benzene rings is 2. The molecule has 2 aromatic rings. The van der Waals surface area contributed by atoms with E-state index < -0.39 is 21.5 Å². The van der Waals surface area contributed by atoms with Crippen molar-refractivity contribution in [2.45, 2.75) is 30.4 Å². The van der Waals surface area contributed by atoms with Gasteiger partial charge in [0.15, 0.2) is 9.84 Å². The Morgan fingerprint density at radius 2 is 1.74 bits per heavy atom. The average molecular weight is 382 g/mol. The molecular formula is C21H22N2O3S. The fourth-order valence-corrected chi connectivity index (χ4v) is 4.77. The van der Waals surface area contributed by atoms with E-state index >= 15 is 0 Å². The van der Waals surface area contributed by atoms with Crippen LogP contribution in [0.2, 0.25) is 0 Å². The number of carbonyl (C=O) groups is 1. The molecule has 27 heavy (non-hydrogen) atoms. The van der Waals surface area contributed by atoms with E-state index in [0.29, 0.717) is 17.7 Å². The number of nitrogens with zero attached hydrogens (tertiary/aromatic N) is 1. The molecule has 5 nitrogen and oxygen atoms in total. The van der Waals surface area contributed by atoms with E-state index in [1.165, 1.54) is 5.56 Å². The zero-order valence-electron chi connectivity index (χ0n) is 15.0. The number of hydrogen-bond acceptors (Lipinski definition) is 4. The van der Waals surface area contributed by atoms with Gasteiger partial charge in [-0.2, -0.15) is 5.26 Å². The third kappa shape index (κ3) is 4.75. The number of nitriles is 1. The summed E-state index contributed by atoms with van der Waals surface area (Å²) in [7, 11) is -3.57. The van der Waals surface area contributed by atoms with Gasteiger partial charge in [-0.05, 0) is 36.1 Å². The van der Waals surface area contributed by atoms with Crippen LogP contribution in [-0.2, 0) is 25.8 Å². The van der Waals surface area contributed by atoms with Crippen molar-refractivity contribution in [1.82, 2.24) is 5.32 Å². The Morgan fingerprint density at radius 1 is 1.07 bits per heavy atom. The molecule has 1 amide bonds.